The highest BCUT2D eigenvalue weighted by molar-refractivity contribution is 6.34. The van der Waals surface area contributed by atoms with Gasteiger partial charge in [0.05, 0.1) is 6.04 Å². The summed E-state index contributed by atoms with van der Waals surface area (Å²) in [6, 6.07) is 6.66. The van der Waals surface area contributed by atoms with Gasteiger partial charge in [0.2, 0.25) is 0 Å². The van der Waals surface area contributed by atoms with E-state index in [1.807, 2.05) is 12.1 Å². The van der Waals surface area contributed by atoms with E-state index in [-0.39, 0.29) is 0 Å². The third-order valence-corrected chi connectivity index (χ3v) is 4.14. The summed E-state index contributed by atoms with van der Waals surface area (Å²) in [6.45, 7) is 0. The first-order valence-corrected chi connectivity index (χ1v) is 7.05. The highest BCUT2D eigenvalue weighted by atomic mass is 35.5. The molecular weight excluding hydrogens is 324 g/mol. The van der Waals surface area contributed by atoms with Crippen LogP contribution in [-0.4, -0.2) is 18.4 Å². The van der Waals surface area contributed by atoms with Gasteiger partial charge in [-0.3, -0.25) is 5.32 Å². The van der Waals surface area contributed by atoms with E-state index in [4.69, 9.17) is 23.2 Å². The van der Waals surface area contributed by atoms with Gasteiger partial charge in [-0.05, 0) is 35.8 Å². The summed E-state index contributed by atoms with van der Waals surface area (Å²) in [6.07, 6.45) is -4.13. The van der Waals surface area contributed by atoms with E-state index in [1.54, 1.807) is 18.2 Å². The van der Waals surface area contributed by atoms with E-state index in [0.29, 0.717) is 22.2 Å². The van der Waals surface area contributed by atoms with Crippen LogP contribution in [0.1, 0.15) is 12.0 Å². The number of fused-ring (bicyclic) bond motifs is 1. The molecule has 2 N–H and O–H groups in total. The Labute approximate surface area is 129 Å². The monoisotopic (exact) mass is 334 g/mol. The molecule has 0 radical (unpaired) electrons. The van der Waals surface area contributed by atoms with Crippen molar-refractivity contribution in [2.45, 2.75) is 24.8 Å². The molecule has 112 valence electrons. The van der Waals surface area contributed by atoms with Crippen molar-refractivity contribution >= 4 is 28.8 Å². The molecule has 1 heterocycles. The van der Waals surface area contributed by atoms with Gasteiger partial charge in [0, 0.05) is 15.8 Å². The quantitative estimate of drug-likeness (QED) is 0.810. The molecule has 1 aromatic rings. The van der Waals surface area contributed by atoms with Crippen LogP contribution in [-0.2, 0) is 0 Å². The highest BCUT2D eigenvalue weighted by Crippen LogP contribution is 2.37. The van der Waals surface area contributed by atoms with Gasteiger partial charge < -0.3 is 5.32 Å². The summed E-state index contributed by atoms with van der Waals surface area (Å²) in [7, 11) is 0. The average molecular weight is 335 g/mol. The molecule has 3 rings (SSSR count). The lowest BCUT2D eigenvalue weighted by molar-refractivity contribution is -0.157. The Kier molecular flexibility index (Phi) is 3.67. The number of alkyl halides is 3. The van der Waals surface area contributed by atoms with Gasteiger partial charge in [0.15, 0.2) is 6.17 Å². The Morgan fingerprint density at radius 1 is 1.10 bits per heavy atom. The minimum Gasteiger partial charge on any atom is -0.364 e. The Bertz CT molecular complexity index is 620. The Morgan fingerprint density at radius 2 is 1.76 bits per heavy atom. The molecule has 21 heavy (non-hydrogen) atoms. The van der Waals surface area contributed by atoms with Crippen LogP contribution in [0.2, 0.25) is 5.02 Å². The Morgan fingerprint density at radius 3 is 2.38 bits per heavy atom. The predicted octanol–water partition coefficient (Wildman–Crippen LogP) is 4.03. The molecule has 1 aliphatic carbocycles. The molecule has 2 nitrogen and oxygen atoms in total. The van der Waals surface area contributed by atoms with E-state index < -0.39 is 18.4 Å². The molecule has 2 aliphatic rings. The summed E-state index contributed by atoms with van der Waals surface area (Å²) in [5, 5.41) is 6.01. The molecule has 1 saturated heterocycles. The maximum Gasteiger partial charge on any atom is 0.422 e. The van der Waals surface area contributed by atoms with Gasteiger partial charge in [-0.25, -0.2) is 0 Å². The number of nitrogens with one attached hydrogen (secondary N) is 2. The number of hydrogen-bond donors (Lipinski definition) is 2. The first kappa shape index (κ1) is 14.8. The first-order chi connectivity index (χ1) is 9.84. The average Bonchev–Trinajstić information content (AvgIpc) is 2.81. The van der Waals surface area contributed by atoms with Crippen LogP contribution in [0.5, 0.6) is 0 Å². The van der Waals surface area contributed by atoms with Crippen molar-refractivity contribution in [3.05, 3.63) is 51.7 Å². The van der Waals surface area contributed by atoms with Crippen LogP contribution in [0.3, 0.4) is 0 Å². The number of hydrogen-bond acceptors (Lipinski definition) is 2. The molecule has 0 aromatic heterocycles. The lowest BCUT2D eigenvalue weighted by Gasteiger charge is -2.20. The van der Waals surface area contributed by atoms with E-state index >= 15 is 0 Å². The largest absolute Gasteiger partial charge is 0.422 e. The molecular formula is C14H11Cl2F3N2. The molecule has 0 bridgehead atoms. The Hall–Kier alpha value is -1.17. The van der Waals surface area contributed by atoms with E-state index in [1.165, 1.54) is 0 Å². The number of rotatable bonds is 1. The van der Waals surface area contributed by atoms with Crippen molar-refractivity contribution in [3.63, 3.8) is 0 Å². The topological polar surface area (TPSA) is 24.1 Å². The number of benzene rings is 1. The zero-order chi connectivity index (χ0) is 15.2. The molecule has 7 heteroatoms. The van der Waals surface area contributed by atoms with Gasteiger partial charge in [0.25, 0.3) is 0 Å². The van der Waals surface area contributed by atoms with Gasteiger partial charge >= 0.3 is 6.18 Å². The minimum absolute atomic E-state index is 0.395. The van der Waals surface area contributed by atoms with Crippen molar-refractivity contribution in [1.29, 1.82) is 0 Å². The van der Waals surface area contributed by atoms with Crippen LogP contribution in [0, 0.1) is 0 Å². The Balaban J connectivity index is 1.86. The number of halogens is 5. The highest BCUT2D eigenvalue weighted by Gasteiger charge is 2.46. The summed E-state index contributed by atoms with van der Waals surface area (Å²) >= 11 is 12.0. The van der Waals surface area contributed by atoms with E-state index in [0.717, 1.165) is 11.1 Å². The third kappa shape index (κ3) is 2.91. The molecule has 1 fully saturated rings. The van der Waals surface area contributed by atoms with Crippen molar-refractivity contribution in [2.75, 3.05) is 0 Å². The molecule has 2 atom stereocenters. The molecule has 1 aromatic carbocycles. The second kappa shape index (κ2) is 5.23. The second-order valence-electron chi connectivity index (χ2n) is 4.98. The first-order valence-electron chi connectivity index (χ1n) is 6.30. The smallest absolute Gasteiger partial charge is 0.364 e. The van der Waals surface area contributed by atoms with Gasteiger partial charge in [-0.15, -0.1) is 0 Å². The third-order valence-electron chi connectivity index (χ3n) is 3.55. The van der Waals surface area contributed by atoms with Crippen LogP contribution in [0.4, 0.5) is 13.2 Å². The fraction of sp³-hybridized carbons (Fsp3) is 0.286. The van der Waals surface area contributed by atoms with Crippen LogP contribution >= 0.6 is 23.2 Å². The molecule has 0 saturated carbocycles. The van der Waals surface area contributed by atoms with Crippen LogP contribution < -0.4 is 10.6 Å². The van der Waals surface area contributed by atoms with Crippen molar-refractivity contribution in [1.82, 2.24) is 10.6 Å². The van der Waals surface area contributed by atoms with Crippen LogP contribution in [0.25, 0.3) is 5.57 Å². The lowest BCUT2D eigenvalue weighted by Crippen LogP contribution is -2.46. The van der Waals surface area contributed by atoms with E-state index in [2.05, 4.69) is 10.6 Å². The van der Waals surface area contributed by atoms with Crippen molar-refractivity contribution < 1.29 is 13.2 Å². The predicted molar refractivity (Wildman–Crippen MR) is 76.8 cm³/mol. The minimum atomic E-state index is -4.34. The summed E-state index contributed by atoms with van der Waals surface area (Å²) in [4.78, 5) is 0. The maximum absolute atomic E-state index is 12.7. The summed E-state index contributed by atoms with van der Waals surface area (Å²) in [5.41, 5.74) is 2.14. The molecule has 0 spiro atoms. The normalized spacial score (nSPS) is 25.5. The SMILES string of the molecule is FC(F)(F)C1NC2=CC(Cl)=C(c3ccc(Cl)cc3)CC2N1. The standard InChI is InChI=1S/C14H11Cl2F3N2/c15-8-3-1-7(2-4-8)9-5-11-12(6-10(9)16)21-13(20-11)14(17,18)19/h1-4,6,11,13,20-21H,5H2. The summed E-state index contributed by atoms with van der Waals surface area (Å²) in [5.74, 6) is 0. The van der Waals surface area contributed by atoms with Gasteiger partial charge in [0.1, 0.15) is 0 Å². The molecule has 2 unspecified atom stereocenters. The zero-order valence-corrected chi connectivity index (χ0v) is 12.2. The van der Waals surface area contributed by atoms with Crippen LogP contribution in [0.15, 0.2) is 41.1 Å². The molecule has 1 aliphatic heterocycles. The molecule has 0 amide bonds. The van der Waals surface area contributed by atoms with Gasteiger partial charge in [-0.1, -0.05) is 35.3 Å². The maximum atomic E-state index is 12.7. The lowest BCUT2D eigenvalue weighted by atomic mass is 9.93. The number of allylic oxidation sites excluding steroid dienone is 2. The van der Waals surface area contributed by atoms with E-state index in [9.17, 15) is 13.2 Å². The van der Waals surface area contributed by atoms with Crippen molar-refractivity contribution in [2.24, 2.45) is 0 Å². The van der Waals surface area contributed by atoms with Crippen molar-refractivity contribution in [3.8, 4) is 0 Å². The zero-order valence-electron chi connectivity index (χ0n) is 10.6. The van der Waals surface area contributed by atoms with Gasteiger partial charge in [-0.2, -0.15) is 13.2 Å². The summed E-state index contributed by atoms with van der Waals surface area (Å²) < 4.78 is 38.2. The second-order valence-corrected chi connectivity index (χ2v) is 5.82. The fourth-order valence-electron chi connectivity index (χ4n) is 2.52. The fourth-order valence-corrected chi connectivity index (χ4v) is 2.95.